The lowest BCUT2D eigenvalue weighted by molar-refractivity contribution is 0.280. The molecule has 0 aliphatic rings. The molecule has 8 heteroatoms. The lowest BCUT2D eigenvalue weighted by atomic mass is 10.1. The molecular formula is C23H19FN4O2S. The Hall–Kier alpha value is -3.52. The number of nitrogens with one attached hydrogen (secondary N) is 1. The van der Waals surface area contributed by atoms with Crippen molar-refractivity contribution in [3.8, 4) is 6.01 Å². The first-order chi connectivity index (χ1) is 15.2. The molecular weight excluding hydrogens is 415 g/mol. The van der Waals surface area contributed by atoms with Crippen molar-refractivity contribution in [2.75, 3.05) is 0 Å². The van der Waals surface area contributed by atoms with Gasteiger partial charge in [-0.15, -0.1) is 0 Å². The van der Waals surface area contributed by atoms with Crippen molar-refractivity contribution in [3.63, 3.8) is 0 Å². The van der Waals surface area contributed by atoms with Crippen molar-refractivity contribution in [1.82, 2.24) is 19.9 Å². The minimum absolute atomic E-state index is 0.207. The molecule has 0 saturated carbocycles. The maximum Gasteiger partial charge on any atom is 0.316 e. The highest BCUT2D eigenvalue weighted by Gasteiger charge is 2.07. The van der Waals surface area contributed by atoms with Gasteiger partial charge in [-0.05, 0) is 28.8 Å². The van der Waals surface area contributed by atoms with Crippen molar-refractivity contribution in [3.05, 3.63) is 112 Å². The zero-order chi connectivity index (χ0) is 21.5. The number of benzene rings is 2. The summed E-state index contributed by atoms with van der Waals surface area (Å²) in [6.07, 6.45) is 5.21. The third kappa shape index (κ3) is 5.99. The highest BCUT2D eigenvalue weighted by molar-refractivity contribution is 7.98. The molecule has 0 amide bonds. The molecule has 0 fully saturated rings. The zero-order valence-electron chi connectivity index (χ0n) is 16.5. The standard InChI is InChI=1S/C23H19FN4O2S/c24-20-8-6-17(7-9-20)15-31-23-27-13-19(21(29)28-23)10-18-11-25-22(26-12-18)30-14-16-4-2-1-3-5-16/h1-9,11-13H,10,14-15H2,(H,27,28,29). The van der Waals surface area contributed by atoms with Crippen LogP contribution < -0.4 is 10.3 Å². The summed E-state index contributed by atoms with van der Waals surface area (Å²) in [4.78, 5) is 27.9. The molecule has 2 heterocycles. The van der Waals surface area contributed by atoms with Crippen LogP contribution in [0.1, 0.15) is 22.3 Å². The number of halogens is 1. The number of thioether (sulfide) groups is 1. The maximum atomic E-state index is 13.0. The lowest BCUT2D eigenvalue weighted by Crippen LogP contribution is -2.15. The largest absolute Gasteiger partial charge is 0.459 e. The van der Waals surface area contributed by atoms with Gasteiger partial charge in [0.05, 0.1) is 0 Å². The molecule has 0 bridgehead atoms. The predicted octanol–water partition coefficient (Wildman–Crippen LogP) is 4.16. The monoisotopic (exact) mass is 434 g/mol. The van der Waals surface area contributed by atoms with Gasteiger partial charge in [0, 0.05) is 36.3 Å². The summed E-state index contributed by atoms with van der Waals surface area (Å²) >= 11 is 1.38. The summed E-state index contributed by atoms with van der Waals surface area (Å²) in [6, 6.07) is 16.3. The molecule has 0 aliphatic heterocycles. The van der Waals surface area contributed by atoms with Crippen molar-refractivity contribution >= 4 is 11.8 Å². The Bertz CT molecular complexity index is 1180. The molecule has 0 spiro atoms. The minimum Gasteiger partial charge on any atom is -0.459 e. The van der Waals surface area contributed by atoms with E-state index < -0.39 is 0 Å². The third-order valence-corrected chi connectivity index (χ3v) is 5.38. The number of aromatic amines is 1. The van der Waals surface area contributed by atoms with Crippen LogP contribution in [0, 0.1) is 5.82 Å². The second-order valence-electron chi connectivity index (χ2n) is 6.78. The normalized spacial score (nSPS) is 10.7. The Morgan fingerprint density at radius 1 is 0.871 bits per heavy atom. The van der Waals surface area contributed by atoms with Crippen molar-refractivity contribution in [2.45, 2.75) is 23.9 Å². The van der Waals surface area contributed by atoms with Crippen LogP contribution in [-0.2, 0) is 18.8 Å². The second-order valence-corrected chi connectivity index (χ2v) is 7.75. The molecule has 0 unspecified atom stereocenters. The van der Waals surface area contributed by atoms with Crippen LogP contribution in [0.25, 0.3) is 0 Å². The molecule has 0 aliphatic carbocycles. The summed E-state index contributed by atoms with van der Waals surface area (Å²) in [5, 5.41) is 0.513. The molecule has 1 N–H and O–H groups in total. The Labute approximate surface area is 182 Å². The first-order valence-electron chi connectivity index (χ1n) is 9.59. The number of hydrogen-bond donors (Lipinski definition) is 1. The number of aromatic nitrogens is 4. The van der Waals surface area contributed by atoms with Crippen LogP contribution in [-0.4, -0.2) is 19.9 Å². The summed E-state index contributed by atoms with van der Waals surface area (Å²) in [7, 11) is 0. The van der Waals surface area contributed by atoms with Crippen LogP contribution in [0.15, 0.2) is 83.1 Å². The van der Waals surface area contributed by atoms with E-state index in [2.05, 4.69) is 19.9 Å². The van der Waals surface area contributed by atoms with Crippen LogP contribution in [0.3, 0.4) is 0 Å². The summed E-state index contributed by atoms with van der Waals surface area (Å²) < 4.78 is 18.6. The molecule has 4 aromatic rings. The van der Waals surface area contributed by atoms with E-state index in [-0.39, 0.29) is 17.4 Å². The third-order valence-electron chi connectivity index (χ3n) is 4.43. The predicted molar refractivity (Wildman–Crippen MR) is 116 cm³/mol. The highest BCUT2D eigenvalue weighted by Crippen LogP contribution is 2.18. The highest BCUT2D eigenvalue weighted by atomic mass is 32.2. The number of ether oxygens (including phenoxy) is 1. The molecule has 31 heavy (non-hydrogen) atoms. The molecule has 0 atom stereocenters. The second kappa shape index (κ2) is 9.99. The number of hydrogen-bond acceptors (Lipinski definition) is 6. The van der Waals surface area contributed by atoms with E-state index in [1.165, 1.54) is 23.9 Å². The van der Waals surface area contributed by atoms with E-state index in [1.54, 1.807) is 30.7 Å². The zero-order valence-corrected chi connectivity index (χ0v) is 17.3. The average molecular weight is 434 g/mol. The fourth-order valence-corrected chi connectivity index (χ4v) is 3.58. The first kappa shape index (κ1) is 20.7. The van der Waals surface area contributed by atoms with Gasteiger partial charge in [0.1, 0.15) is 12.4 Å². The van der Waals surface area contributed by atoms with E-state index in [4.69, 9.17) is 4.74 Å². The number of H-pyrrole nitrogens is 1. The average Bonchev–Trinajstić information content (AvgIpc) is 2.80. The van der Waals surface area contributed by atoms with Crippen LogP contribution in [0.2, 0.25) is 0 Å². The van der Waals surface area contributed by atoms with Crippen LogP contribution >= 0.6 is 11.8 Å². The molecule has 0 saturated heterocycles. The summed E-state index contributed by atoms with van der Waals surface area (Å²) in [6.45, 7) is 0.390. The van der Waals surface area contributed by atoms with E-state index in [0.717, 1.165) is 16.7 Å². The topological polar surface area (TPSA) is 80.8 Å². The van der Waals surface area contributed by atoms with Gasteiger partial charge in [-0.2, -0.15) is 0 Å². The Balaban J connectivity index is 1.33. The summed E-state index contributed by atoms with van der Waals surface area (Å²) in [5.74, 6) is 0.310. The minimum atomic E-state index is -0.274. The molecule has 2 aromatic carbocycles. The van der Waals surface area contributed by atoms with E-state index in [1.807, 2.05) is 30.3 Å². The number of rotatable bonds is 8. The van der Waals surface area contributed by atoms with Gasteiger partial charge < -0.3 is 9.72 Å². The molecule has 156 valence electrons. The SMILES string of the molecule is O=c1[nH]c(SCc2ccc(F)cc2)ncc1Cc1cnc(OCc2ccccc2)nc1. The van der Waals surface area contributed by atoms with Gasteiger partial charge in [-0.1, -0.05) is 54.2 Å². The van der Waals surface area contributed by atoms with E-state index in [9.17, 15) is 9.18 Å². The van der Waals surface area contributed by atoms with E-state index in [0.29, 0.717) is 29.5 Å². The molecule has 4 rings (SSSR count). The van der Waals surface area contributed by atoms with Crippen LogP contribution in [0.4, 0.5) is 4.39 Å². The summed E-state index contributed by atoms with van der Waals surface area (Å²) in [5.41, 5.74) is 3.08. The quantitative estimate of drug-likeness (QED) is 0.331. The number of nitrogens with zero attached hydrogens (tertiary/aromatic N) is 3. The first-order valence-corrected chi connectivity index (χ1v) is 10.6. The van der Waals surface area contributed by atoms with Gasteiger partial charge in [-0.25, -0.2) is 19.3 Å². The Morgan fingerprint density at radius 3 is 2.32 bits per heavy atom. The van der Waals surface area contributed by atoms with E-state index >= 15 is 0 Å². The van der Waals surface area contributed by atoms with Gasteiger partial charge in [-0.3, -0.25) is 4.79 Å². The fourth-order valence-electron chi connectivity index (χ4n) is 2.79. The van der Waals surface area contributed by atoms with Gasteiger partial charge in [0.2, 0.25) is 0 Å². The van der Waals surface area contributed by atoms with Gasteiger partial charge >= 0.3 is 6.01 Å². The van der Waals surface area contributed by atoms with Crippen LogP contribution in [0.5, 0.6) is 6.01 Å². The van der Waals surface area contributed by atoms with Gasteiger partial charge in [0.15, 0.2) is 5.16 Å². The Kier molecular flexibility index (Phi) is 6.68. The lowest BCUT2D eigenvalue weighted by Gasteiger charge is -2.06. The molecule has 2 aromatic heterocycles. The fraction of sp³-hybridized carbons (Fsp3) is 0.130. The van der Waals surface area contributed by atoms with Crippen molar-refractivity contribution in [1.29, 1.82) is 0 Å². The smallest absolute Gasteiger partial charge is 0.316 e. The van der Waals surface area contributed by atoms with Gasteiger partial charge in [0.25, 0.3) is 5.56 Å². The van der Waals surface area contributed by atoms with Crippen molar-refractivity contribution in [2.24, 2.45) is 0 Å². The molecule has 0 radical (unpaired) electrons. The maximum absolute atomic E-state index is 13.0. The molecule has 6 nitrogen and oxygen atoms in total. The Morgan fingerprint density at radius 2 is 1.61 bits per heavy atom. The van der Waals surface area contributed by atoms with Crippen molar-refractivity contribution < 1.29 is 9.13 Å².